The molecule has 0 amide bonds. The van der Waals surface area contributed by atoms with Gasteiger partial charge in [-0.1, -0.05) is 34.6 Å². The summed E-state index contributed by atoms with van der Waals surface area (Å²) in [6.45, 7) is 12.7. The largest absolute Gasteiger partial charge is 0.490 e. The van der Waals surface area contributed by atoms with Gasteiger partial charge in [-0.05, 0) is 70.6 Å². The van der Waals surface area contributed by atoms with Gasteiger partial charge in [-0.15, -0.1) is 0 Å². The summed E-state index contributed by atoms with van der Waals surface area (Å²) in [5.74, 6) is -0.519. The van der Waals surface area contributed by atoms with Crippen LogP contribution in [-0.2, 0) is 14.4 Å². The molecule has 1 aliphatic heterocycles. The van der Waals surface area contributed by atoms with E-state index in [0.717, 1.165) is 23.4 Å². The third-order valence-corrected chi connectivity index (χ3v) is 8.02. The molecule has 0 spiro atoms. The fraction of sp³-hybridized carbons (Fsp3) is 0.567. The summed E-state index contributed by atoms with van der Waals surface area (Å²) in [6, 6.07) is 3.80. The van der Waals surface area contributed by atoms with Crippen LogP contribution in [0.15, 0.2) is 39.1 Å². The molecule has 0 bridgehead atoms. The number of allylic oxidation sites excluding steroid dienone is 4. The van der Waals surface area contributed by atoms with Crippen molar-refractivity contribution in [3.63, 3.8) is 0 Å². The van der Waals surface area contributed by atoms with Crippen LogP contribution in [0.2, 0.25) is 0 Å². The average Bonchev–Trinajstić information content (AvgIpc) is 2.77. The third-order valence-electron chi connectivity index (χ3n) is 7.43. The molecule has 206 valence electrons. The lowest BCUT2D eigenvalue weighted by Crippen LogP contribution is -2.45. The van der Waals surface area contributed by atoms with Crippen molar-refractivity contribution in [2.45, 2.75) is 79.6 Å². The predicted octanol–water partition coefficient (Wildman–Crippen LogP) is 6.41. The molecule has 2 aliphatic carbocycles. The molecule has 4 rings (SSSR count). The second-order valence-corrected chi connectivity index (χ2v) is 13.0. The van der Waals surface area contributed by atoms with Crippen LogP contribution in [-0.4, -0.2) is 47.3 Å². The second kappa shape index (κ2) is 10.5. The molecule has 0 saturated carbocycles. The molecule has 0 radical (unpaired) electrons. The molecule has 0 aromatic heterocycles. The number of Topliss-reactive ketones (excluding diaryl/α,β-unsaturated/α-hetero) is 2. The van der Waals surface area contributed by atoms with E-state index in [-0.39, 0.29) is 28.9 Å². The Bertz CT molecular complexity index is 1190. The number of ketones is 2. The van der Waals surface area contributed by atoms with Crippen LogP contribution >= 0.6 is 15.9 Å². The maximum atomic E-state index is 13.8. The monoisotopic (exact) mass is 587 g/mol. The van der Waals surface area contributed by atoms with Crippen LogP contribution in [0.4, 0.5) is 0 Å². The number of hydrogen-bond acceptors (Lipinski definition) is 6. The molecule has 1 aromatic carbocycles. The number of carbonyl (C=O) groups is 3. The van der Waals surface area contributed by atoms with E-state index in [1.54, 1.807) is 4.90 Å². The molecule has 0 atom stereocenters. The van der Waals surface area contributed by atoms with E-state index in [9.17, 15) is 19.5 Å². The minimum Gasteiger partial charge on any atom is -0.490 e. The molecule has 0 saturated heterocycles. The van der Waals surface area contributed by atoms with E-state index >= 15 is 0 Å². The number of carboxylic acids is 1. The summed E-state index contributed by atoms with van der Waals surface area (Å²) in [4.78, 5) is 41.5. The smallest absolute Gasteiger partial charge is 0.323 e. The van der Waals surface area contributed by atoms with Crippen molar-refractivity contribution >= 4 is 33.5 Å². The highest BCUT2D eigenvalue weighted by atomic mass is 79.9. The Morgan fingerprint density at radius 2 is 1.53 bits per heavy atom. The van der Waals surface area contributed by atoms with Crippen LogP contribution in [0.1, 0.15) is 85.1 Å². The highest BCUT2D eigenvalue weighted by Crippen LogP contribution is 2.55. The van der Waals surface area contributed by atoms with Gasteiger partial charge in [0.25, 0.3) is 0 Å². The van der Waals surface area contributed by atoms with Gasteiger partial charge in [0.1, 0.15) is 6.54 Å². The number of ether oxygens (including phenoxy) is 2. The number of aliphatic carboxylic acids is 1. The van der Waals surface area contributed by atoms with Crippen molar-refractivity contribution in [1.29, 1.82) is 0 Å². The Labute approximate surface area is 233 Å². The molecule has 8 heteroatoms. The minimum atomic E-state index is -0.993. The number of rotatable bonds is 8. The van der Waals surface area contributed by atoms with Crippen molar-refractivity contribution in [2.24, 2.45) is 10.8 Å². The second-order valence-electron chi connectivity index (χ2n) is 12.1. The molecule has 1 heterocycles. The summed E-state index contributed by atoms with van der Waals surface area (Å²) < 4.78 is 12.6. The number of hydrogen-bond donors (Lipinski definition) is 1. The Balaban J connectivity index is 2.00. The SMILES string of the molecule is CCCOc1c(Br)cc(C2C3=C(CC(C)(C)CC3=O)N(CC(=O)O)C3=C2C(=O)CC(C)(C)C3)cc1OCC. The summed E-state index contributed by atoms with van der Waals surface area (Å²) >= 11 is 3.66. The van der Waals surface area contributed by atoms with E-state index in [2.05, 4.69) is 15.9 Å². The normalized spacial score (nSPS) is 20.9. The summed E-state index contributed by atoms with van der Waals surface area (Å²) in [7, 11) is 0. The first-order chi connectivity index (χ1) is 17.8. The predicted molar refractivity (Wildman–Crippen MR) is 148 cm³/mol. The van der Waals surface area contributed by atoms with Crippen molar-refractivity contribution in [3.8, 4) is 11.5 Å². The molecule has 1 N–H and O–H groups in total. The van der Waals surface area contributed by atoms with Crippen molar-refractivity contribution in [2.75, 3.05) is 19.8 Å². The third kappa shape index (κ3) is 5.42. The first kappa shape index (κ1) is 28.4. The highest BCUT2D eigenvalue weighted by Gasteiger charge is 2.49. The van der Waals surface area contributed by atoms with Crippen molar-refractivity contribution in [3.05, 3.63) is 44.7 Å². The van der Waals surface area contributed by atoms with E-state index in [1.807, 2.05) is 53.7 Å². The van der Waals surface area contributed by atoms with Crippen LogP contribution in [0.5, 0.6) is 11.5 Å². The molecule has 3 aliphatic rings. The van der Waals surface area contributed by atoms with E-state index in [1.165, 1.54) is 0 Å². The number of nitrogens with zero attached hydrogens (tertiary/aromatic N) is 1. The van der Waals surface area contributed by atoms with E-state index in [4.69, 9.17) is 9.47 Å². The molecule has 1 aromatic rings. The zero-order valence-electron chi connectivity index (χ0n) is 23.2. The fourth-order valence-electron chi connectivity index (χ4n) is 6.07. The van der Waals surface area contributed by atoms with Crippen molar-refractivity contribution < 1.29 is 29.0 Å². The molecule has 0 fully saturated rings. The fourth-order valence-corrected chi connectivity index (χ4v) is 6.64. The Morgan fingerprint density at radius 3 is 2.00 bits per heavy atom. The van der Waals surface area contributed by atoms with Gasteiger partial charge >= 0.3 is 5.97 Å². The highest BCUT2D eigenvalue weighted by molar-refractivity contribution is 9.10. The standard InChI is InChI=1S/C30H38BrNO6/c1-7-9-38-28-18(31)10-17(11-23(28)37-8-2)25-26-19(12-29(3,4)14-21(26)33)32(16-24(35)36)20-13-30(5,6)15-22(34)27(20)25/h10-11,25H,7-9,12-16H2,1-6H3,(H,35,36). The van der Waals surface area contributed by atoms with Gasteiger partial charge < -0.3 is 19.5 Å². The van der Waals surface area contributed by atoms with E-state index in [0.29, 0.717) is 66.0 Å². The Morgan fingerprint density at radius 1 is 0.974 bits per heavy atom. The summed E-state index contributed by atoms with van der Waals surface area (Å²) in [5, 5.41) is 9.86. The van der Waals surface area contributed by atoms with Gasteiger partial charge in [0, 0.05) is 41.3 Å². The van der Waals surface area contributed by atoms with Gasteiger partial charge in [-0.25, -0.2) is 0 Å². The van der Waals surface area contributed by atoms with Crippen LogP contribution < -0.4 is 9.47 Å². The van der Waals surface area contributed by atoms with Crippen LogP contribution in [0.3, 0.4) is 0 Å². The Kier molecular flexibility index (Phi) is 7.86. The summed E-state index contributed by atoms with van der Waals surface area (Å²) in [6.07, 6.45) is 2.62. The summed E-state index contributed by atoms with van der Waals surface area (Å²) in [5.41, 5.74) is 2.64. The zero-order chi connectivity index (χ0) is 28.0. The number of carboxylic acid groups (broad SMARTS) is 1. The molecular weight excluding hydrogens is 550 g/mol. The number of benzene rings is 1. The van der Waals surface area contributed by atoms with E-state index < -0.39 is 11.9 Å². The molecule has 38 heavy (non-hydrogen) atoms. The maximum Gasteiger partial charge on any atom is 0.323 e. The van der Waals surface area contributed by atoms with Gasteiger partial charge in [0.05, 0.1) is 17.7 Å². The maximum absolute atomic E-state index is 13.8. The molecule has 0 unspecified atom stereocenters. The lowest BCUT2D eigenvalue weighted by Gasteiger charge is -2.48. The average molecular weight is 589 g/mol. The first-order valence-corrected chi connectivity index (χ1v) is 14.2. The quantitative estimate of drug-likeness (QED) is 0.375. The molecular formula is C30H38BrNO6. The molecule has 7 nitrogen and oxygen atoms in total. The number of halogens is 1. The topological polar surface area (TPSA) is 93.1 Å². The van der Waals surface area contributed by atoms with Gasteiger partial charge in [-0.2, -0.15) is 0 Å². The zero-order valence-corrected chi connectivity index (χ0v) is 24.8. The number of carbonyl (C=O) groups excluding carboxylic acids is 2. The lowest BCUT2D eigenvalue weighted by molar-refractivity contribution is -0.138. The first-order valence-electron chi connectivity index (χ1n) is 13.4. The minimum absolute atomic E-state index is 0.0405. The van der Waals surface area contributed by atoms with Gasteiger partial charge in [0.15, 0.2) is 23.1 Å². The van der Waals surface area contributed by atoms with Crippen LogP contribution in [0.25, 0.3) is 0 Å². The lowest BCUT2D eigenvalue weighted by atomic mass is 9.63. The van der Waals surface area contributed by atoms with Gasteiger partial charge in [-0.3, -0.25) is 14.4 Å². The van der Waals surface area contributed by atoms with Crippen molar-refractivity contribution in [1.82, 2.24) is 4.90 Å². The Hall–Kier alpha value is -2.61. The van der Waals surface area contributed by atoms with Gasteiger partial charge in [0.2, 0.25) is 0 Å². The van der Waals surface area contributed by atoms with Crippen LogP contribution in [0, 0.1) is 10.8 Å².